The van der Waals surface area contributed by atoms with Gasteiger partial charge in [0.1, 0.15) is 5.92 Å². The third-order valence-electron chi connectivity index (χ3n) is 1.85. The smallest absolute Gasteiger partial charge is 0.395 e. The standard InChI is InChI=1S/C9H8BrF3O/c10-7-3-1-6(2-4-7)8(5-14)9(11,12)13/h1-4,8,14H,5H2. The van der Waals surface area contributed by atoms with Crippen molar-refractivity contribution in [2.24, 2.45) is 0 Å². The van der Waals surface area contributed by atoms with Crippen LogP contribution in [0.5, 0.6) is 0 Å². The van der Waals surface area contributed by atoms with Crippen LogP contribution in [-0.2, 0) is 0 Å². The van der Waals surface area contributed by atoms with E-state index < -0.39 is 18.7 Å². The molecular weight excluding hydrogens is 261 g/mol. The lowest BCUT2D eigenvalue weighted by Gasteiger charge is -2.18. The maximum absolute atomic E-state index is 12.3. The highest BCUT2D eigenvalue weighted by Gasteiger charge is 2.40. The quantitative estimate of drug-likeness (QED) is 0.874. The van der Waals surface area contributed by atoms with E-state index in [9.17, 15) is 13.2 Å². The molecule has 0 aliphatic heterocycles. The largest absolute Gasteiger partial charge is 0.397 e. The van der Waals surface area contributed by atoms with Crippen molar-refractivity contribution in [1.29, 1.82) is 0 Å². The van der Waals surface area contributed by atoms with Gasteiger partial charge in [0.05, 0.1) is 6.61 Å². The van der Waals surface area contributed by atoms with E-state index in [-0.39, 0.29) is 5.56 Å². The van der Waals surface area contributed by atoms with Gasteiger partial charge >= 0.3 is 6.18 Å². The van der Waals surface area contributed by atoms with Gasteiger partial charge in [-0.3, -0.25) is 0 Å². The summed E-state index contributed by atoms with van der Waals surface area (Å²) in [5.74, 6) is -1.80. The van der Waals surface area contributed by atoms with E-state index in [1.165, 1.54) is 24.3 Å². The minimum Gasteiger partial charge on any atom is -0.395 e. The van der Waals surface area contributed by atoms with Gasteiger partial charge in [-0.1, -0.05) is 28.1 Å². The second-order valence-electron chi connectivity index (χ2n) is 2.83. The first-order valence-electron chi connectivity index (χ1n) is 3.88. The number of hydrogen-bond donors (Lipinski definition) is 1. The van der Waals surface area contributed by atoms with Gasteiger partial charge in [-0.05, 0) is 17.7 Å². The van der Waals surface area contributed by atoms with Crippen LogP contribution in [0.2, 0.25) is 0 Å². The zero-order valence-electron chi connectivity index (χ0n) is 7.05. The highest BCUT2D eigenvalue weighted by molar-refractivity contribution is 9.10. The first-order chi connectivity index (χ1) is 6.45. The molecule has 5 heteroatoms. The summed E-state index contributed by atoms with van der Waals surface area (Å²) < 4.78 is 37.7. The lowest BCUT2D eigenvalue weighted by Crippen LogP contribution is -2.23. The Balaban J connectivity index is 2.96. The van der Waals surface area contributed by atoms with Crippen LogP contribution in [0.3, 0.4) is 0 Å². The summed E-state index contributed by atoms with van der Waals surface area (Å²) in [6.07, 6.45) is -4.40. The Morgan fingerprint density at radius 2 is 1.71 bits per heavy atom. The van der Waals surface area contributed by atoms with Gasteiger partial charge in [0, 0.05) is 4.47 Å². The second-order valence-corrected chi connectivity index (χ2v) is 3.74. The van der Waals surface area contributed by atoms with Crippen LogP contribution in [0.15, 0.2) is 28.7 Å². The van der Waals surface area contributed by atoms with E-state index in [1.807, 2.05) is 0 Å². The molecule has 1 atom stereocenters. The molecule has 14 heavy (non-hydrogen) atoms. The summed E-state index contributed by atoms with van der Waals surface area (Å²) in [6, 6.07) is 5.73. The van der Waals surface area contributed by atoms with Crippen LogP contribution in [-0.4, -0.2) is 17.9 Å². The van der Waals surface area contributed by atoms with Crippen LogP contribution >= 0.6 is 15.9 Å². The number of aliphatic hydroxyl groups is 1. The first kappa shape index (κ1) is 11.5. The Kier molecular flexibility index (Phi) is 3.55. The molecule has 0 radical (unpaired) electrons. The Morgan fingerprint density at radius 3 is 2.07 bits per heavy atom. The fourth-order valence-electron chi connectivity index (χ4n) is 1.09. The molecule has 1 N–H and O–H groups in total. The molecule has 0 fully saturated rings. The van der Waals surface area contributed by atoms with Crippen LogP contribution in [0.1, 0.15) is 11.5 Å². The van der Waals surface area contributed by atoms with Crippen molar-refractivity contribution in [3.05, 3.63) is 34.3 Å². The molecule has 1 unspecified atom stereocenters. The maximum atomic E-state index is 12.3. The molecule has 0 heterocycles. The summed E-state index contributed by atoms with van der Waals surface area (Å²) >= 11 is 3.12. The van der Waals surface area contributed by atoms with Crippen LogP contribution in [0.4, 0.5) is 13.2 Å². The highest BCUT2D eigenvalue weighted by atomic mass is 79.9. The lowest BCUT2D eigenvalue weighted by molar-refractivity contribution is -0.158. The molecule has 0 saturated heterocycles. The fraction of sp³-hybridized carbons (Fsp3) is 0.333. The molecular formula is C9H8BrF3O. The van der Waals surface area contributed by atoms with Crippen molar-refractivity contribution in [2.75, 3.05) is 6.61 Å². The first-order valence-corrected chi connectivity index (χ1v) is 4.67. The molecule has 0 saturated carbocycles. The van der Waals surface area contributed by atoms with Crippen molar-refractivity contribution in [1.82, 2.24) is 0 Å². The molecule has 0 aliphatic carbocycles. The molecule has 1 rings (SSSR count). The summed E-state index contributed by atoms with van der Waals surface area (Å²) in [4.78, 5) is 0. The topological polar surface area (TPSA) is 20.2 Å². The number of rotatable bonds is 2. The minimum absolute atomic E-state index is 0.0724. The monoisotopic (exact) mass is 268 g/mol. The lowest BCUT2D eigenvalue weighted by atomic mass is 10.00. The Bertz CT molecular complexity index is 294. The minimum atomic E-state index is -4.40. The average molecular weight is 269 g/mol. The molecule has 0 amide bonds. The van der Waals surface area contributed by atoms with Crippen molar-refractivity contribution in [2.45, 2.75) is 12.1 Å². The molecule has 0 bridgehead atoms. The van der Waals surface area contributed by atoms with Gasteiger partial charge in [0.15, 0.2) is 0 Å². The van der Waals surface area contributed by atoms with Gasteiger partial charge in [-0.25, -0.2) is 0 Å². The molecule has 0 aliphatic rings. The third kappa shape index (κ3) is 2.72. The van der Waals surface area contributed by atoms with Gasteiger partial charge in [0.2, 0.25) is 0 Å². The van der Waals surface area contributed by atoms with Gasteiger partial charge in [-0.15, -0.1) is 0 Å². The SMILES string of the molecule is OCC(c1ccc(Br)cc1)C(F)(F)F. The van der Waals surface area contributed by atoms with Gasteiger partial charge in [-0.2, -0.15) is 13.2 Å². The van der Waals surface area contributed by atoms with Crippen LogP contribution in [0.25, 0.3) is 0 Å². The number of halogens is 4. The van der Waals surface area contributed by atoms with E-state index in [0.717, 1.165) is 0 Å². The third-order valence-corrected chi connectivity index (χ3v) is 2.38. The maximum Gasteiger partial charge on any atom is 0.397 e. The molecule has 0 spiro atoms. The fourth-order valence-corrected chi connectivity index (χ4v) is 1.36. The summed E-state index contributed by atoms with van der Waals surface area (Å²) in [6.45, 7) is -0.925. The molecule has 78 valence electrons. The Labute approximate surface area is 87.7 Å². The normalized spacial score (nSPS) is 14.1. The van der Waals surface area contributed by atoms with Crippen molar-refractivity contribution >= 4 is 15.9 Å². The molecule has 0 aromatic heterocycles. The summed E-state index contributed by atoms with van der Waals surface area (Å²) in [5.41, 5.74) is 0.0724. The molecule has 1 aromatic carbocycles. The number of hydrogen-bond acceptors (Lipinski definition) is 1. The van der Waals surface area contributed by atoms with Gasteiger partial charge < -0.3 is 5.11 Å². The summed E-state index contributed by atoms with van der Waals surface area (Å²) in [5, 5.41) is 8.65. The number of benzene rings is 1. The van der Waals surface area contributed by atoms with Crippen LogP contribution < -0.4 is 0 Å². The zero-order chi connectivity index (χ0) is 10.8. The second kappa shape index (κ2) is 4.31. The average Bonchev–Trinajstić information content (AvgIpc) is 2.07. The zero-order valence-corrected chi connectivity index (χ0v) is 8.64. The van der Waals surface area contributed by atoms with Crippen LogP contribution in [0, 0.1) is 0 Å². The van der Waals surface area contributed by atoms with E-state index in [1.54, 1.807) is 0 Å². The predicted molar refractivity (Wildman–Crippen MR) is 50.0 cm³/mol. The molecule has 1 nitrogen and oxygen atoms in total. The van der Waals surface area contributed by atoms with Gasteiger partial charge in [0.25, 0.3) is 0 Å². The Morgan fingerprint density at radius 1 is 1.21 bits per heavy atom. The Hall–Kier alpha value is -0.550. The summed E-state index contributed by atoms with van der Waals surface area (Å²) in [7, 11) is 0. The van der Waals surface area contributed by atoms with Crippen molar-refractivity contribution in [3.8, 4) is 0 Å². The van der Waals surface area contributed by atoms with E-state index >= 15 is 0 Å². The van der Waals surface area contributed by atoms with E-state index in [2.05, 4.69) is 15.9 Å². The molecule has 1 aromatic rings. The van der Waals surface area contributed by atoms with Crippen molar-refractivity contribution in [3.63, 3.8) is 0 Å². The number of aliphatic hydroxyl groups excluding tert-OH is 1. The van der Waals surface area contributed by atoms with E-state index in [0.29, 0.717) is 4.47 Å². The van der Waals surface area contributed by atoms with Crippen molar-refractivity contribution < 1.29 is 18.3 Å². The van der Waals surface area contributed by atoms with E-state index in [4.69, 9.17) is 5.11 Å². The number of alkyl halides is 3. The highest BCUT2D eigenvalue weighted by Crippen LogP contribution is 2.34. The predicted octanol–water partition coefficient (Wildman–Crippen LogP) is 3.09.